The van der Waals surface area contributed by atoms with Crippen molar-refractivity contribution in [1.82, 2.24) is 4.72 Å². The van der Waals surface area contributed by atoms with Crippen LogP contribution >= 0.6 is 0 Å². The van der Waals surface area contributed by atoms with E-state index in [1.54, 1.807) is 12.1 Å². The van der Waals surface area contributed by atoms with E-state index < -0.39 is 10.0 Å². The minimum atomic E-state index is -3.49. The van der Waals surface area contributed by atoms with E-state index in [-0.39, 0.29) is 10.3 Å². The summed E-state index contributed by atoms with van der Waals surface area (Å²) in [6.07, 6.45) is 7.66. The van der Waals surface area contributed by atoms with Crippen LogP contribution in [0, 0.1) is 34.5 Å². The van der Waals surface area contributed by atoms with Gasteiger partial charge in [-0.1, -0.05) is 0 Å². The minimum Gasteiger partial charge on any atom is -0.211 e. The smallest absolute Gasteiger partial charge is 0.211 e. The molecule has 4 aliphatic rings. The van der Waals surface area contributed by atoms with Crippen molar-refractivity contribution in [3.8, 4) is 6.07 Å². The number of benzene rings is 1. The summed E-state index contributed by atoms with van der Waals surface area (Å²) in [5.74, 6) is 2.46. The van der Waals surface area contributed by atoms with Gasteiger partial charge in [-0.2, -0.15) is 5.26 Å². The molecule has 0 saturated heterocycles. The van der Waals surface area contributed by atoms with Crippen molar-refractivity contribution in [2.45, 2.75) is 43.4 Å². The van der Waals surface area contributed by atoms with Crippen molar-refractivity contribution in [3.63, 3.8) is 0 Å². The first-order valence-corrected chi connectivity index (χ1v) is 9.96. The van der Waals surface area contributed by atoms with Crippen LogP contribution in [0.1, 0.15) is 44.1 Å². The van der Waals surface area contributed by atoms with Crippen LogP contribution in [-0.4, -0.2) is 15.0 Å². The standard InChI is InChI=1S/C18H22N2O2S/c19-11-13-1-3-17(4-2-13)23(21,22)20-12-18-8-14-5-15(9-18)7-16(6-14)10-18/h1-4,14-16,20H,5-10,12H2. The van der Waals surface area contributed by atoms with E-state index in [1.165, 1.54) is 50.7 Å². The summed E-state index contributed by atoms with van der Waals surface area (Å²) in [5.41, 5.74) is 0.666. The highest BCUT2D eigenvalue weighted by Crippen LogP contribution is 2.59. The number of hydrogen-bond acceptors (Lipinski definition) is 3. The molecule has 5 rings (SSSR count). The topological polar surface area (TPSA) is 70.0 Å². The Morgan fingerprint density at radius 3 is 2.04 bits per heavy atom. The predicted molar refractivity (Wildman–Crippen MR) is 87.0 cm³/mol. The summed E-state index contributed by atoms with van der Waals surface area (Å²) in [7, 11) is -3.49. The second-order valence-corrected chi connectivity index (χ2v) is 9.65. The molecule has 0 aromatic heterocycles. The Morgan fingerprint density at radius 1 is 1.04 bits per heavy atom. The molecular weight excluding hydrogens is 308 g/mol. The first-order valence-electron chi connectivity index (χ1n) is 8.48. The molecule has 0 heterocycles. The van der Waals surface area contributed by atoms with Gasteiger partial charge in [0, 0.05) is 6.54 Å². The van der Waals surface area contributed by atoms with E-state index in [2.05, 4.69) is 4.72 Å². The largest absolute Gasteiger partial charge is 0.240 e. The van der Waals surface area contributed by atoms with Crippen molar-refractivity contribution in [2.75, 3.05) is 6.54 Å². The molecule has 23 heavy (non-hydrogen) atoms. The van der Waals surface area contributed by atoms with Crippen LogP contribution < -0.4 is 4.72 Å². The van der Waals surface area contributed by atoms with Gasteiger partial charge in [0.1, 0.15) is 0 Å². The normalized spacial score (nSPS) is 35.2. The molecule has 0 atom stereocenters. The fourth-order valence-electron chi connectivity index (χ4n) is 5.55. The number of nitrogens with one attached hydrogen (secondary N) is 1. The van der Waals surface area contributed by atoms with Gasteiger partial charge in [0.2, 0.25) is 10.0 Å². The zero-order valence-electron chi connectivity index (χ0n) is 13.2. The Balaban J connectivity index is 1.48. The maximum Gasteiger partial charge on any atom is 0.240 e. The SMILES string of the molecule is N#Cc1ccc(S(=O)(=O)NCC23CC4CC(CC(C4)C2)C3)cc1. The highest BCUT2D eigenvalue weighted by molar-refractivity contribution is 7.89. The summed E-state index contributed by atoms with van der Waals surface area (Å²) >= 11 is 0. The Morgan fingerprint density at radius 2 is 1.57 bits per heavy atom. The lowest BCUT2D eigenvalue weighted by atomic mass is 9.50. The summed E-state index contributed by atoms with van der Waals surface area (Å²) < 4.78 is 27.9. The fraction of sp³-hybridized carbons (Fsp3) is 0.611. The van der Waals surface area contributed by atoms with Gasteiger partial charge in [0.05, 0.1) is 16.5 Å². The van der Waals surface area contributed by atoms with Crippen LogP contribution in [0.2, 0.25) is 0 Å². The second-order valence-electron chi connectivity index (χ2n) is 7.88. The predicted octanol–water partition coefficient (Wildman–Crippen LogP) is 3.05. The highest BCUT2D eigenvalue weighted by Gasteiger charge is 2.50. The van der Waals surface area contributed by atoms with Gasteiger partial charge in [0.25, 0.3) is 0 Å². The Labute approximate surface area is 137 Å². The summed E-state index contributed by atoms with van der Waals surface area (Å²) in [6.45, 7) is 0.568. The average Bonchev–Trinajstić information content (AvgIpc) is 2.52. The molecule has 0 spiro atoms. The van der Waals surface area contributed by atoms with Crippen molar-refractivity contribution in [1.29, 1.82) is 5.26 Å². The Hall–Kier alpha value is -1.38. The number of sulfonamides is 1. The molecule has 4 aliphatic carbocycles. The number of hydrogen-bond donors (Lipinski definition) is 1. The van der Waals surface area contributed by atoms with E-state index in [4.69, 9.17) is 5.26 Å². The third-order valence-corrected chi connectivity index (χ3v) is 7.51. The lowest BCUT2D eigenvalue weighted by Gasteiger charge is -2.56. The molecule has 4 bridgehead atoms. The van der Waals surface area contributed by atoms with Crippen LogP contribution in [0.15, 0.2) is 29.2 Å². The molecule has 4 nitrogen and oxygen atoms in total. The van der Waals surface area contributed by atoms with Gasteiger partial charge < -0.3 is 0 Å². The van der Waals surface area contributed by atoms with Gasteiger partial charge >= 0.3 is 0 Å². The highest BCUT2D eigenvalue weighted by atomic mass is 32.2. The molecule has 0 unspecified atom stereocenters. The van der Waals surface area contributed by atoms with Crippen molar-refractivity contribution in [3.05, 3.63) is 29.8 Å². The molecule has 1 N–H and O–H groups in total. The minimum absolute atomic E-state index is 0.189. The molecule has 0 amide bonds. The number of rotatable bonds is 4. The van der Waals surface area contributed by atoms with E-state index in [9.17, 15) is 8.42 Å². The number of nitrogens with zero attached hydrogens (tertiary/aromatic N) is 1. The van der Waals surface area contributed by atoms with Crippen LogP contribution in [-0.2, 0) is 10.0 Å². The zero-order chi connectivity index (χ0) is 16.1. The Bertz CT molecular complexity index is 711. The van der Waals surface area contributed by atoms with Crippen LogP contribution in [0.3, 0.4) is 0 Å². The van der Waals surface area contributed by atoms with Gasteiger partial charge in [-0.25, -0.2) is 13.1 Å². The van der Waals surface area contributed by atoms with Gasteiger partial charge in [0.15, 0.2) is 0 Å². The molecule has 5 heteroatoms. The van der Waals surface area contributed by atoms with Crippen molar-refractivity contribution < 1.29 is 8.42 Å². The molecule has 4 fully saturated rings. The molecule has 0 radical (unpaired) electrons. The van der Waals surface area contributed by atoms with E-state index >= 15 is 0 Å². The average molecular weight is 330 g/mol. The maximum absolute atomic E-state index is 12.5. The summed E-state index contributed by atoms with van der Waals surface area (Å²) in [5, 5.41) is 8.82. The molecule has 0 aliphatic heterocycles. The van der Waals surface area contributed by atoms with Gasteiger partial charge in [-0.3, -0.25) is 0 Å². The summed E-state index contributed by atoms with van der Waals surface area (Å²) in [6, 6.07) is 8.15. The quantitative estimate of drug-likeness (QED) is 0.922. The van der Waals surface area contributed by atoms with E-state index in [1.807, 2.05) is 6.07 Å². The third-order valence-electron chi connectivity index (χ3n) is 6.10. The van der Waals surface area contributed by atoms with Crippen LogP contribution in [0.4, 0.5) is 0 Å². The lowest BCUT2D eigenvalue weighted by Crippen LogP contribution is -2.51. The zero-order valence-corrected chi connectivity index (χ0v) is 14.0. The molecule has 1 aromatic rings. The van der Waals surface area contributed by atoms with Crippen LogP contribution in [0.25, 0.3) is 0 Å². The third kappa shape index (κ3) is 2.79. The van der Waals surface area contributed by atoms with Gasteiger partial charge in [-0.05, 0) is 86.0 Å². The maximum atomic E-state index is 12.5. The lowest BCUT2D eigenvalue weighted by molar-refractivity contribution is -0.0487. The van der Waals surface area contributed by atoms with Crippen molar-refractivity contribution in [2.24, 2.45) is 23.2 Å². The molecule has 4 saturated carbocycles. The molecule has 122 valence electrons. The first-order chi connectivity index (χ1) is 11.0. The van der Waals surface area contributed by atoms with Crippen LogP contribution in [0.5, 0.6) is 0 Å². The van der Waals surface area contributed by atoms with E-state index in [0.29, 0.717) is 12.1 Å². The van der Waals surface area contributed by atoms with Gasteiger partial charge in [-0.15, -0.1) is 0 Å². The summed E-state index contributed by atoms with van der Waals surface area (Å²) in [4.78, 5) is 0.251. The molecule has 1 aromatic carbocycles. The first kappa shape index (κ1) is 15.2. The monoisotopic (exact) mass is 330 g/mol. The molecular formula is C18H22N2O2S. The second kappa shape index (κ2) is 5.32. The Kier molecular flexibility index (Phi) is 3.51. The fourth-order valence-corrected chi connectivity index (χ4v) is 6.70. The number of nitriles is 1. The van der Waals surface area contributed by atoms with Crippen molar-refractivity contribution >= 4 is 10.0 Å². The van der Waals surface area contributed by atoms with E-state index in [0.717, 1.165) is 17.8 Å².